The molecule has 0 radical (unpaired) electrons. The fourth-order valence-electron chi connectivity index (χ4n) is 2.87. The van der Waals surface area contributed by atoms with Crippen LogP contribution >= 0.6 is 11.8 Å². The first-order chi connectivity index (χ1) is 9.07. The highest BCUT2D eigenvalue weighted by atomic mass is 32.2. The predicted molar refractivity (Wildman–Crippen MR) is 81.5 cm³/mol. The monoisotopic (exact) mass is 269 g/mol. The van der Waals surface area contributed by atoms with Gasteiger partial charge in [0.25, 0.3) is 0 Å². The molecule has 2 aromatic rings. The van der Waals surface area contributed by atoms with Crippen LogP contribution in [0.3, 0.4) is 0 Å². The van der Waals surface area contributed by atoms with Crippen molar-refractivity contribution in [3.8, 4) is 0 Å². The van der Waals surface area contributed by atoms with Crippen molar-refractivity contribution in [1.29, 1.82) is 0 Å². The van der Waals surface area contributed by atoms with Crippen LogP contribution in [-0.2, 0) is 5.75 Å². The molecule has 0 N–H and O–H groups in total. The third-order valence-corrected chi connectivity index (χ3v) is 4.80. The molecule has 0 spiro atoms. The molecule has 0 saturated heterocycles. The largest absolute Gasteiger partial charge is 0.259 e. The Hall–Kier alpha value is -1.28. The van der Waals surface area contributed by atoms with E-state index >= 15 is 0 Å². The topological polar surface area (TPSA) is 12.9 Å². The van der Waals surface area contributed by atoms with E-state index in [9.17, 15) is 0 Å². The van der Waals surface area contributed by atoms with Crippen LogP contribution in [-0.4, -0.2) is 4.98 Å². The van der Waals surface area contributed by atoms with Gasteiger partial charge in [-0.1, -0.05) is 45.0 Å². The van der Waals surface area contributed by atoms with Crippen molar-refractivity contribution in [1.82, 2.24) is 4.98 Å². The number of hydrogen-bond donors (Lipinski definition) is 0. The van der Waals surface area contributed by atoms with Gasteiger partial charge in [0, 0.05) is 22.8 Å². The third kappa shape index (κ3) is 2.30. The Balaban J connectivity index is 2.25. The van der Waals surface area contributed by atoms with Gasteiger partial charge in [-0.25, -0.2) is 0 Å². The van der Waals surface area contributed by atoms with Crippen molar-refractivity contribution in [2.24, 2.45) is 5.41 Å². The molecule has 3 rings (SSSR count). The molecule has 1 aliphatic heterocycles. The van der Waals surface area contributed by atoms with Crippen LogP contribution in [0, 0.1) is 5.41 Å². The molecule has 1 aliphatic rings. The minimum Gasteiger partial charge on any atom is -0.259 e. The molecule has 0 saturated carbocycles. The predicted octanol–water partition coefficient (Wildman–Crippen LogP) is 4.87. The summed E-state index contributed by atoms with van der Waals surface area (Å²) in [6, 6.07) is 13.1. The lowest BCUT2D eigenvalue weighted by molar-refractivity contribution is 0.349. The minimum atomic E-state index is 0.171. The Morgan fingerprint density at radius 2 is 1.89 bits per heavy atom. The first kappa shape index (κ1) is 12.7. The number of nitrogens with zero attached hydrogens (tertiary/aromatic N) is 1. The van der Waals surface area contributed by atoms with Gasteiger partial charge in [0.15, 0.2) is 0 Å². The normalized spacial score (nSPS) is 18.4. The lowest BCUT2D eigenvalue weighted by Crippen LogP contribution is -2.21. The van der Waals surface area contributed by atoms with Gasteiger partial charge in [0.1, 0.15) is 0 Å². The van der Waals surface area contributed by atoms with Crippen LogP contribution in [0.1, 0.15) is 43.5 Å². The molecule has 0 aliphatic carbocycles. The zero-order valence-electron chi connectivity index (χ0n) is 11.7. The van der Waals surface area contributed by atoms with E-state index in [1.165, 1.54) is 21.7 Å². The average molecular weight is 269 g/mol. The van der Waals surface area contributed by atoms with E-state index in [1.807, 2.05) is 24.0 Å². The maximum atomic E-state index is 4.71. The Morgan fingerprint density at radius 3 is 2.68 bits per heavy atom. The highest BCUT2D eigenvalue weighted by molar-refractivity contribution is 7.98. The molecule has 19 heavy (non-hydrogen) atoms. The molecule has 1 atom stereocenters. The number of benzene rings is 1. The van der Waals surface area contributed by atoms with Gasteiger partial charge in [-0.15, -0.1) is 11.8 Å². The van der Waals surface area contributed by atoms with E-state index in [4.69, 9.17) is 4.98 Å². The lowest BCUT2D eigenvalue weighted by Gasteiger charge is -2.31. The summed E-state index contributed by atoms with van der Waals surface area (Å²) < 4.78 is 0. The van der Waals surface area contributed by atoms with Gasteiger partial charge >= 0.3 is 0 Å². The SMILES string of the molecule is CC(C)(C)C1c2ccccc2CSc2cccnc21. The molecule has 0 fully saturated rings. The number of aromatic nitrogens is 1. The quantitative estimate of drug-likeness (QED) is 0.677. The van der Waals surface area contributed by atoms with Crippen molar-refractivity contribution in [3.63, 3.8) is 0 Å². The molecule has 1 unspecified atom stereocenters. The molecule has 2 heteroatoms. The zero-order chi connectivity index (χ0) is 13.5. The van der Waals surface area contributed by atoms with Crippen LogP contribution in [0.2, 0.25) is 0 Å². The van der Waals surface area contributed by atoms with Crippen LogP contribution in [0.5, 0.6) is 0 Å². The second kappa shape index (κ2) is 4.68. The second-order valence-corrected chi connectivity index (χ2v) is 7.19. The Bertz CT molecular complexity index is 551. The van der Waals surface area contributed by atoms with Gasteiger partial charge in [0.05, 0.1) is 5.69 Å². The summed E-state index contributed by atoms with van der Waals surface area (Å²) in [5, 5.41) is 0. The Labute approximate surface area is 119 Å². The van der Waals surface area contributed by atoms with Gasteiger partial charge < -0.3 is 0 Å². The molecule has 2 heterocycles. The maximum absolute atomic E-state index is 4.71. The molecule has 1 nitrogen and oxygen atoms in total. The molecule has 1 aromatic heterocycles. The second-order valence-electron chi connectivity index (χ2n) is 6.17. The van der Waals surface area contributed by atoms with Crippen LogP contribution in [0.4, 0.5) is 0 Å². The number of pyridine rings is 1. The molecule has 0 amide bonds. The highest BCUT2D eigenvalue weighted by Crippen LogP contribution is 2.47. The fourth-order valence-corrected chi connectivity index (χ4v) is 3.94. The molecular weight excluding hydrogens is 250 g/mol. The van der Waals surface area contributed by atoms with E-state index in [0.717, 1.165) is 5.75 Å². The van der Waals surface area contributed by atoms with Gasteiger partial charge in [-0.3, -0.25) is 4.98 Å². The van der Waals surface area contributed by atoms with Crippen LogP contribution in [0.25, 0.3) is 0 Å². The Morgan fingerprint density at radius 1 is 1.11 bits per heavy atom. The standard InChI is InChI=1S/C17H19NS/c1-17(2,3)15-13-8-5-4-7-12(13)11-19-14-9-6-10-18-16(14)15/h4-10,15H,11H2,1-3H3. The van der Waals surface area contributed by atoms with Crippen molar-refractivity contribution in [3.05, 3.63) is 59.4 Å². The van der Waals surface area contributed by atoms with E-state index < -0.39 is 0 Å². The maximum Gasteiger partial charge on any atom is 0.0619 e. The summed E-state index contributed by atoms with van der Waals surface area (Å²) in [6.07, 6.45) is 1.92. The van der Waals surface area contributed by atoms with E-state index in [1.54, 1.807) is 0 Å². The number of hydrogen-bond acceptors (Lipinski definition) is 2. The van der Waals surface area contributed by atoms with Crippen molar-refractivity contribution < 1.29 is 0 Å². The van der Waals surface area contributed by atoms with Crippen molar-refractivity contribution in [2.45, 2.75) is 37.3 Å². The summed E-state index contributed by atoms with van der Waals surface area (Å²) in [5.74, 6) is 1.41. The van der Waals surface area contributed by atoms with E-state index in [-0.39, 0.29) is 5.41 Å². The molecular formula is C17H19NS. The van der Waals surface area contributed by atoms with E-state index in [2.05, 4.69) is 51.1 Å². The molecule has 0 bridgehead atoms. The summed E-state index contributed by atoms with van der Waals surface area (Å²) >= 11 is 1.91. The Kier molecular flexibility index (Phi) is 3.14. The fraction of sp³-hybridized carbons (Fsp3) is 0.353. The number of fused-ring (bicyclic) bond motifs is 2. The van der Waals surface area contributed by atoms with E-state index in [0.29, 0.717) is 5.92 Å². The first-order valence-corrected chi connectivity index (χ1v) is 7.71. The first-order valence-electron chi connectivity index (χ1n) is 6.73. The van der Waals surface area contributed by atoms with Crippen molar-refractivity contribution >= 4 is 11.8 Å². The zero-order valence-corrected chi connectivity index (χ0v) is 12.5. The smallest absolute Gasteiger partial charge is 0.0619 e. The van der Waals surface area contributed by atoms with Gasteiger partial charge in [-0.05, 0) is 28.7 Å². The molecule has 98 valence electrons. The van der Waals surface area contributed by atoms with Crippen molar-refractivity contribution in [2.75, 3.05) is 0 Å². The minimum absolute atomic E-state index is 0.171. The summed E-state index contributed by atoms with van der Waals surface area (Å²) in [4.78, 5) is 6.04. The van der Waals surface area contributed by atoms with Gasteiger partial charge in [-0.2, -0.15) is 0 Å². The average Bonchev–Trinajstić information content (AvgIpc) is 2.54. The summed E-state index contributed by atoms with van der Waals surface area (Å²) in [6.45, 7) is 6.93. The number of thioether (sulfide) groups is 1. The van der Waals surface area contributed by atoms with Crippen LogP contribution < -0.4 is 0 Å². The lowest BCUT2D eigenvalue weighted by atomic mass is 9.73. The summed E-state index contributed by atoms with van der Waals surface area (Å²) in [5.41, 5.74) is 4.31. The summed E-state index contributed by atoms with van der Waals surface area (Å²) in [7, 11) is 0. The number of rotatable bonds is 0. The molecule has 1 aromatic carbocycles. The highest BCUT2D eigenvalue weighted by Gasteiger charge is 2.33. The van der Waals surface area contributed by atoms with Crippen LogP contribution in [0.15, 0.2) is 47.5 Å². The van der Waals surface area contributed by atoms with Gasteiger partial charge in [0.2, 0.25) is 0 Å². The third-order valence-electron chi connectivity index (χ3n) is 3.69.